The standard InChI is InChI=1S/C18H20ClN7O/c1-18(2,9-23-16(27)13-3-5-14(19)6-4-13)10-24-17(25-11-20)26-15-7-21-12-22-8-15/h3-8,12H,9-10H2,1-2H3,(H,23,27)(H2,24,25,26). The third kappa shape index (κ3) is 6.92. The number of aromatic nitrogens is 2. The van der Waals surface area contributed by atoms with Crippen LogP contribution < -0.4 is 16.0 Å². The summed E-state index contributed by atoms with van der Waals surface area (Å²) < 4.78 is 0. The van der Waals surface area contributed by atoms with E-state index in [0.29, 0.717) is 29.4 Å². The SMILES string of the molecule is CC(C)(CNC(=O)c1ccc(Cl)cc1)CNC(=NC#N)Nc1cncnc1. The molecule has 0 aliphatic rings. The van der Waals surface area contributed by atoms with Gasteiger partial charge in [0, 0.05) is 23.7 Å². The van der Waals surface area contributed by atoms with Crippen LogP contribution in [0.5, 0.6) is 0 Å². The molecule has 9 heteroatoms. The fourth-order valence-corrected chi connectivity index (χ4v) is 2.20. The number of guanidine groups is 1. The summed E-state index contributed by atoms with van der Waals surface area (Å²) in [6, 6.07) is 6.69. The average Bonchev–Trinajstić information content (AvgIpc) is 2.66. The van der Waals surface area contributed by atoms with E-state index in [1.165, 1.54) is 6.33 Å². The van der Waals surface area contributed by atoms with E-state index >= 15 is 0 Å². The normalized spacial score (nSPS) is 11.4. The number of nitriles is 1. The molecule has 140 valence electrons. The highest BCUT2D eigenvalue weighted by Crippen LogP contribution is 2.13. The number of nitrogens with zero attached hydrogens (tertiary/aromatic N) is 4. The van der Waals surface area contributed by atoms with Gasteiger partial charge in [-0.3, -0.25) is 4.79 Å². The van der Waals surface area contributed by atoms with Crippen LogP contribution in [0.3, 0.4) is 0 Å². The van der Waals surface area contributed by atoms with E-state index in [0.717, 1.165) is 0 Å². The highest BCUT2D eigenvalue weighted by Gasteiger charge is 2.20. The molecule has 1 amide bonds. The van der Waals surface area contributed by atoms with Crippen molar-refractivity contribution >= 4 is 29.2 Å². The molecule has 0 saturated heterocycles. The van der Waals surface area contributed by atoms with Crippen molar-refractivity contribution in [3.63, 3.8) is 0 Å². The lowest BCUT2D eigenvalue weighted by molar-refractivity contribution is 0.0937. The van der Waals surface area contributed by atoms with Gasteiger partial charge in [-0.1, -0.05) is 25.4 Å². The van der Waals surface area contributed by atoms with Gasteiger partial charge in [-0.2, -0.15) is 5.26 Å². The second-order valence-corrected chi connectivity index (χ2v) is 6.96. The highest BCUT2D eigenvalue weighted by atomic mass is 35.5. The van der Waals surface area contributed by atoms with Crippen molar-refractivity contribution < 1.29 is 4.79 Å². The summed E-state index contributed by atoms with van der Waals surface area (Å²) in [4.78, 5) is 23.7. The molecule has 1 heterocycles. The molecule has 0 unspecified atom stereocenters. The lowest BCUT2D eigenvalue weighted by atomic mass is 9.93. The van der Waals surface area contributed by atoms with Crippen molar-refractivity contribution in [3.05, 3.63) is 53.6 Å². The maximum atomic E-state index is 12.2. The zero-order valence-electron chi connectivity index (χ0n) is 15.0. The van der Waals surface area contributed by atoms with Gasteiger partial charge in [0.15, 0.2) is 0 Å². The number of nitrogens with one attached hydrogen (secondary N) is 3. The van der Waals surface area contributed by atoms with Gasteiger partial charge in [-0.25, -0.2) is 9.97 Å². The first-order valence-electron chi connectivity index (χ1n) is 8.16. The number of anilines is 1. The van der Waals surface area contributed by atoms with Crippen LogP contribution in [0.25, 0.3) is 0 Å². The Morgan fingerprint density at radius 1 is 1.19 bits per heavy atom. The smallest absolute Gasteiger partial charge is 0.251 e. The third-order valence-corrected chi connectivity index (χ3v) is 3.81. The molecule has 1 aromatic heterocycles. The Balaban J connectivity index is 1.88. The lowest BCUT2D eigenvalue weighted by Gasteiger charge is -2.26. The Morgan fingerprint density at radius 2 is 1.81 bits per heavy atom. The molecular formula is C18H20ClN7O. The maximum Gasteiger partial charge on any atom is 0.251 e. The van der Waals surface area contributed by atoms with Gasteiger partial charge < -0.3 is 16.0 Å². The van der Waals surface area contributed by atoms with Gasteiger partial charge >= 0.3 is 0 Å². The Hall–Kier alpha value is -3.18. The molecule has 0 aliphatic heterocycles. The van der Waals surface area contributed by atoms with Crippen LogP contribution in [0, 0.1) is 16.9 Å². The van der Waals surface area contributed by atoms with Crippen molar-refractivity contribution in [1.82, 2.24) is 20.6 Å². The molecule has 2 aromatic rings. The van der Waals surface area contributed by atoms with Crippen molar-refractivity contribution in [1.29, 1.82) is 5.26 Å². The summed E-state index contributed by atoms with van der Waals surface area (Å²) in [5.41, 5.74) is 0.848. The molecule has 0 atom stereocenters. The predicted molar refractivity (Wildman–Crippen MR) is 104 cm³/mol. The largest absolute Gasteiger partial charge is 0.355 e. The minimum Gasteiger partial charge on any atom is -0.355 e. The lowest BCUT2D eigenvalue weighted by Crippen LogP contribution is -2.43. The zero-order valence-corrected chi connectivity index (χ0v) is 15.8. The van der Waals surface area contributed by atoms with Crippen molar-refractivity contribution in [2.75, 3.05) is 18.4 Å². The second kappa shape index (κ2) is 9.50. The molecule has 0 aliphatic carbocycles. The summed E-state index contributed by atoms with van der Waals surface area (Å²) in [7, 11) is 0. The molecular weight excluding hydrogens is 366 g/mol. The number of halogens is 1. The molecule has 0 bridgehead atoms. The van der Waals surface area contributed by atoms with Gasteiger partial charge in [0.2, 0.25) is 12.2 Å². The summed E-state index contributed by atoms with van der Waals surface area (Å²) in [5.74, 6) is 0.106. The van der Waals surface area contributed by atoms with Gasteiger partial charge in [-0.15, -0.1) is 4.99 Å². The zero-order chi connectivity index (χ0) is 19.7. The Morgan fingerprint density at radius 3 is 2.44 bits per heavy atom. The quantitative estimate of drug-likeness (QED) is 0.399. The van der Waals surface area contributed by atoms with Gasteiger partial charge in [0.1, 0.15) is 6.33 Å². The first-order valence-corrected chi connectivity index (χ1v) is 8.54. The Bertz CT molecular complexity index is 829. The van der Waals surface area contributed by atoms with Crippen molar-refractivity contribution in [2.45, 2.75) is 13.8 Å². The molecule has 0 spiro atoms. The second-order valence-electron chi connectivity index (χ2n) is 6.52. The highest BCUT2D eigenvalue weighted by molar-refractivity contribution is 6.30. The number of amides is 1. The van der Waals surface area contributed by atoms with E-state index in [4.69, 9.17) is 16.9 Å². The summed E-state index contributed by atoms with van der Waals surface area (Å²) in [6.45, 7) is 4.86. The Kier molecular flexibility index (Phi) is 7.08. The first kappa shape index (κ1) is 20.1. The van der Waals surface area contributed by atoms with E-state index in [-0.39, 0.29) is 17.3 Å². The number of carbonyl (C=O) groups is 1. The van der Waals surface area contributed by atoms with Gasteiger partial charge in [0.25, 0.3) is 5.91 Å². The maximum absolute atomic E-state index is 12.2. The van der Waals surface area contributed by atoms with Crippen LogP contribution >= 0.6 is 11.6 Å². The third-order valence-electron chi connectivity index (χ3n) is 3.55. The fraction of sp³-hybridized carbons (Fsp3) is 0.278. The number of benzene rings is 1. The minimum absolute atomic E-state index is 0.176. The van der Waals surface area contributed by atoms with E-state index in [1.807, 2.05) is 13.8 Å². The molecule has 27 heavy (non-hydrogen) atoms. The molecule has 3 N–H and O–H groups in total. The van der Waals surface area contributed by atoms with Crippen LogP contribution in [0.4, 0.5) is 5.69 Å². The number of hydrogen-bond donors (Lipinski definition) is 3. The Labute approximate surface area is 162 Å². The van der Waals surface area contributed by atoms with E-state index in [9.17, 15) is 4.79 Å². The van der Waals surface area contributed by atoms with E-state index < -0.39 is 0 Å². The van der Waals surface area contributed by atoms with E-state index in [1.54, 1.807) is 42.9 Å². The van der Waals surface area contributed by atoms with Crippen LogP contribution in [0.15, 0.2) is 48.0 Å². The van der Waals surface area contributed by atoms with Crippen LogP contribution in [-0.4, -0.2) is 34.9 Å². The molecule has 0 saturated carbocycles. The van der Waals surface area contributed by atoms with Crippen molar-refractivity contribution in [2.24, 2.45) is 10.4 Å². The average molecular weight is 386 g/mol. The van der Waals surface area contributed by atoms with Crippen molar-refractivity contribution in [3.8, 4) is 6.19 Å². The van der Waals surface area contributed by atoms with E-state index in [2.05, 4.69) is 30.9 Å². The van der Waals surface area contributed by atoms with Crippen LogP contribution in [0.2, 0.25) is 5.02 Å². The first-order chi connectivity index (χ1) is 12.9. The number of carbonyl (C=O) groups excluding carboxylic acids is 1. The fourth-order valence-electron chi connectivity index (χ4n) is 2.07. The van der Waals surface area contributed by atoms with Crippen LogP contribution in [-0.2, 0) is 0 Å². The molecule has 2 rings (SSSR count). The topological polar surface area (TPSA) is 115 Å². The monoisotopic (exact) mass is 385 g/mol. The summed E-state index contributed by atoms with van der Waals surface area (Å²) >= 11 is 5.83. The minimum atomic E-state index is -0.298. The number of hydrogen-bond acceptors (Lipinski definition) is 5. The van der Waals surface area contributed by atoms with Crippen LogP contribution in [0.1, 0.15) is 24.2 Å². The molecule has 1 aromatic carbocycles. The predicted octanol–water partition coefficient (Wildman–Crippen LogP) is 2.42. The summed E-state index contributed by atoms with van der Waals surface area (Å²) in [6.07, 6.45) is 6.29. The summed E-state index contributed by atoms with van der Waals surface area (Å²) in [5, 5.41) is 18.3. The number of aliphatic imine (C=N–C) groups is 1. The molecule has 0 fully saturated rings. The van der Waals surface area contributed by atoms with Gasteiger partial charge in [-0.05, 0) is 29.7 Å². The molecule has 0 radical (unpaired) electrons. The van der Waals surface area contributed by atoms with Gasteiger partial charge in [0.05, 0.1) is 18.1 Å². The number of rotatable bonds is 6. The molecule has 8 nitrogen and oxygen atoms in total.